The molecule has 0 radical (unpaired) electrons. The Morgan fingerprint density at radius 1 is 1.71 bits per heavy atom. The largest absolute Gasteiger partial charge is 0.480 e. The maximum absolute atomic E-state index is 10.9. The second-order valence-electron chi connectivity index (χ2n) is 3.61. The van der Waals surface area contributed by atoms with Crippen LogP contribution in [0, 0.1) is 0 Å². The molecule has 2 aromatic rings. The predicted octanol–water partition coefficient (Wildman–Crippen LogP) is 1.35. The second kappa shape index (κ2) is 5.11. The molecule has 1 atom stereocenters. The van der Waals surface area contributed by atoms with Gasteiger partial charge in [0.2, 0.25) is 0 Å². The molecular formula is C11H13N3O2S. The lowest BCUT2D eigenvalue weighted by Gasteiger charge is -2.07. The fourth-order valence-electron chi connectivity index (χ4n) is 1.51. The molecule has 2 heterocycles. The zero-order chi connectivity index (χ0) is 12.3. The number of nitrogens with one attached hydrogen (secondary N) is 2. The molecule has 90 valence electrons. The molecule has 0 aliphatic carbocycles. The van der Waals surface area contributed by atoms with Gasteiger partial charge >= 0.3 is 5.97 Å². The molecular weight excluding hydrogens is 238 g/mol. The highest BCUT2D eigenvalue weighted by Crippen LogP contribution is 2.21. The quantitative estimate of drug-likeness (QED) is 0.749. The molecule has 17 heavy (non-hydrogen) atoms. The molecule has 0 fully saturated rings. The number of aromatic amines is 1. The fourth-order valence-corrected chi connectivity index (χ4v) is 2.36. The minimum Gasteiger partial charge on any atom is -0.480 e. The summed E-state index contributed by atoms with van der Waals surface area (Å²) in [5.74, 6) is -0.856. The van der Waals surface area contributed by atoms with E-state index < -0.39 is 12.0 Å². The van der Waals surface area contributed by atoms with E-state index in [2.05, 4.69) is 15.3 Å². The number of carboxylic acids is 1. The Balaban J connectivity index is 2.11. The number of aromatic nitrogens is 2. The van der Waals surface area contributed by atoms with Crippen LogP contribution in [0.4, 0.5) is 0 Å². The van der Waals surface area contributed by atoms with E-state index in [1.807, 2.05) is 23.8 Å². The average Bonchev–Trinajstić information content (AvgIpc) is 2.95. The van der Waals surface area contributed by atoms with Crippen molar-refractivity contribution in [2.24, 2.45) is 0 Å². The number of carbonyl (C=O) groups is 1. The summed E-state index contributed by atoms with van der Waals surface area (Å²) in [6.07, 6.45) is 4.11. The molecule has 3 N–H and O–H groups in total. The highest BCUT2D eigenvalue weighted by molar-refractivity contribution is 7.10. The Bertz CT molecular complexity index is 493. The van der Waals surface area contributed by atoms with Gasteiger partial charge in [0, 0.05) is 29.8 Å². The number of rotatable bonds is 5. The number of thiazole rings is 1. The molecule has 0 saturated heterocycles. The molecule has 0 aromatic carbocycles. The Morgan fingerprint density at radius 2 is 2.53 bits per heavy atom. The van der Waals surface area contributed by atoms with Crippen molar-refractivity contribution >= 4 is 17.3 Å². The lowest BCUT2D eigenvalue weighted by Crippen LogP contribution is -2.35. The van der Waals surface area contributed by atoms with Gasteiger partial charge in [0.25, 0.3) is 0 Å². The third kappa shape index (κ3) is 2.72. The molecule has 0 aliphatic heterocycles. The molecule has 6 heteroatoms. The van der Waals surface area contributed by atoms with Crippen LogP contribution in [0.2, 0.25) is 0 Å². The van der Waals surface area contributed by atoms with Crippen LogP contribution in [-0.2, 0) is 11.2 Å². The summed E-state index contributed by atoms with van der Waals surface area (Å²) in [7, 11) is 1.64. The third-order valence-corrected chi connectivity index (χ3v) is 3.34. The van der Waals surface area contributed by atoms with Crippen molar-refractivity contribution in [1.29, 1.82) is 0 Å². The number of aliphatic carboxylic acids is 1. The lowest BCUT2D eigenvalue weighted by atomic mass is 10.2. The molecule has 0 bridgehead atoms. The number of likely N-dealkylation sites (N-methyl/N-ethyl adjacent to an activating group) is 1. The van der Waals surface area contributed by atoms with Gasteiger partial charge in [-0.25, -0.2) is 4.98 Å². The Hall–Kier alpha value is -1.66. The van der Waals surface area contributed by atoms with Crippen molar-refractivity contribution in [3.63, 3.8) is 0 Å². The first kappa shape index (κ1) is 11.8. The van der Waals surface area contributed by atoms with Crippen LogP contribution in [0.15, 0.2) is 23.8 Å². The van der Waals surface area contributed by atoms with Gasteiger partial charge in [0.15, 0.2) is 0 Å². The standard InChI is InChI=1S/C11H13N3O2S/c1-12-8(11(15)16)4-10-14-9(6-17-10)7-2-3-13-5-7/h2-3,5-6,8,12-13H,4H2,1H3,(H,15,16). The molecule has 0 saturated carbocycles. The van der Waals surface area contributed by atoms with Crippen LogP contribution in [0.25, 0.3) is 11.3 Å². The first-order chi connectivity index (χ1) is 8.20. The van der Waals surface area contributed by atoms with Crippen molar-refractivity contribution in [3.05, 3.63) is 28.8 Å². The molecule has 0 spiro atoms. The summed E-state index contributed by atoms with van der Waals surface area (Å²) in [5.41, 5.74) is 1.90. The zero-order valence-corrected chi connectivity index (χ0v) is 10.1. The van der Waals surface area contributed by atoms with Gasteiger partial charge < -0.3 is 15.4 Å². The van der Waals surface area contributed by atoms with E-state index in [9.17, 15) is 4.79 Å². The first-order valence-corrected chi connectivity index (χ1v) is 6.06. The zero-order valence-electron chi connectivity index (χ0n) is 9.30. The lowest BCUT2D eigenvalue weighted by molar-refractivity contribution is -0.139. The predicted molar refractivity (Wildman–Crippen MR) is 66.1 cm³/mol. The smallest absolute Gasteiger partial charge is 0.321 e. The molecule has 2 rings (SSSR count). The number of hydrogen-bond acceptors (Lipinski definition) is 4. The highest BCUT2D eigenvalue weighted by atomic mass is 32.1. The molecule has 0 aliphatic rings. The Labute approximate surface area is 103 Å². The van der Waals surface area contributed by atoms with Gasteiger partial charge in [0.1, 0.15) is 6.04 Å². The highest BCUT2D eigenvalue weighted by Gasteiger charge is 2.17. The maximum Gasteiger partial charge on any atom is 0.321 e. The first-order valence-electron chi connectivity index (χ1n) is 5.18. The summed E-state index contributed by atoms with van der Waals surface area (Å²) < 4.78 is 0. The van der Waals surface area contributed by atoms with Gasteiger partial charge in [0.05, 0.1) is 10.7 Å². The molecule has 1 unspecified atom stereocenters. The Morgan fingerprint density at radius 3 is 3.12 bits per heavy atom. The number of carboxylic acid groups (broad SMARTS) is 1. The van der Waals surface area contributed by atoms with Gasteiger partial charge in [-0.15, -0.1) is 11.3 Å². The summed E-state index contributed by atoms with van der Waals surface area (Å²) >= 11 is 1.48. The number of nitrogens with zero attached hydrogens (tertiary/aromatic N) is 1. The summed E-state index contributed by atoms with van der Waals surface area (Å²) in [5, 5.41) is 14.4. The van der Waals surface area contributed by atoms with Gasteiger partial charge in [-0.1, -0.05) is 0 Å². The second-order valence-corrected chi connectivity index (χ2v) is 4.55. The monoisotopic (exact) mass is 251 g/mol. The van der Waals surface area contributed by atoms with Crippen molar-refractivity contribution < 1.29 is 9.90 Å². The Kier molecular flexibility index (Phi) is 3.55. The summed E-state index contributed by atoms with van der Waals surface area (Å²) in [6, 6.07) is 1.35. The van der Waals surface area contributed by atoms with Gasteiger partial charge in [-0.3, -0.25) is 4.79 Å². The van der Waals surface area contributed by atoms with Crippen molar-refractivity contribution in [2.75, 3.05) is 7.05 Å². The van der Waals surface area contributed by atoms with E-state index in [4.69, 9.17) is 5.11 Å². The van der Waals surface area contributed by atoms with E-state index in [1.54, 1.807) is 7.05 Å². The van der Waals surface area contributed by atoms with Crippen molar-refractivity contribution in [2.45, 2.75) is 12.5 Å². The van der Waals surface area contributed by atoms with Gasteiger partial charge in [-0.05, 0) is 13.1 Å². The van der Waals surface area contributed by atoms with Crippen LogP contribution in [-0.4, -0.2) is 34.1 Å². The van der Waals surface area contributed by atoms with E-state index in [-0.39, 0.29) is 0 Å². The SMILES string of the molecule is CNC(Cc1nc(-c2cc[nH]c2)cs1)C(=O)O. The minimum absolute atomic E-state index is 0.404. The molecule has 5 nitrogen and oxygen atoms in total. The van der Waals surface area contributed by atoms with Crippen LogP contribution < -0.4 is 5.32 Å². The third-order valence-electron chi connectivity index (χ3n) is 2.47. The van der Waals surface area contributed by atoms with Crippen molar-refractivity contribution in [1.82, 2.24) is 15.3 Å². The van der Waals surface area contributed by atoms with E-state index in [0.717, 1.165) is 16.3 Å². The van der Waals surface area contributed by atoms with Crippen molar-refractivity contribution in [3.8, 4) is 11.3 Å². The summed E-state index contributed by atoms with van der Waals surface area (Å²) in [6.45, 7) is 0. The molecule has 0 amide bonds. The van der Waals surface area contributed by atoms with E-state index >= 15 is 0 Å². The van der Waals surface area contributed by atoms with E-state index in [0.29, 0.717) is 6.42 Å². The topological polar surface area (TPSA) is 78.0 Å². The van der Waals surface area contributed by atoms with Gasteiger partial charge in [-0.2, -0.15) is 0 Å². The average molecular weight is 251 g/mol. The van der Waals surface area contributed by atoms with E-state index in [1.165, 1.54) is 11.3 Å². The maximum atomic E-state index is 10.9. The molecule has 2 aromatic heterocycles. The van der Waals surface area contributed by atoms with Crippen LogP contribution in [0.3, 0.4) is 0 Å². The van der Waals surface area contributed by atoms with Crippen LogP contribution in [0.5, 0.6) is 0 Å². The van der Waals surface area contributed by atoms with Crippen LogP contribution >= 0.6 is 11.3 Å². The van der Waals surface area contributed by atoms with Crippen LogP contribution in [0.1, 0.15) is 5.01 Å². The normalized spacial score (nSPS) is 12.5. The number of H-pyrrole nitrogens is 1. The fraction of sp³-hybridized carbons (Fsp3) is 0.273. The number of hydrogen-bond donors (Lipinski definition) is 3. The summed E-state index contributed by atoms with van der Waals surface area (Å²) in [4.78, 5) is 18.3. The minimum atomic E-state index is -0.856.